The quantitative estimate of drug-likeness (QED) is 0.794. The summed E-state index contributed by atoms with van der Waals surface area (Å²) < 4.78 is 26.4. The number of nitrogens with one attached hydrogen (secondary N) is 1. The number of hydrogen-bond donors (Lipinski definition) is 1. The van der Waals surface area contributed by atoms with Crippen LogP contribution in [0.1, 0.15) is 24.1 Å². The number of halogens is 3. The molecule has 1 fully saturated rings. The van der Waals surface area contributed by atoms with Crippen molar-refractivity contribution in [1.82, 2.24) is 15.1 Å². The summed E-state index contributed by atoms with van der Waals surface area (Å²) in [5.41, 5.74) is 1.81. The van der Waals surface area contributed by atoms with E-state index < -0.39 is 11.6 Å². The molecule has 1 saturated heterocycles. The third-order valence-electron chi connectivity index (χ3n) is 5.05. The minimum atomic E-state index is -0.880. The standard InChI is InChI=1S/C21H24ClF2N3O/c1-15(17-4-7-19(23)20(24)12-17)25-13-21(28)27-10-8-26(9-11-27)14-16-2-5-18(22)6-3-16/h2-7,12,15,25H,8-11,13-14H2,1H3/t15-/m1/s1. The summed E-state index contributed by atoms with van der Waals surface area (Å²) >= 11 is 5.92. The van der Waals surface area contributed by atoms with Gasteiger partial charge < -0.3 is 10.2 Å². The van der Waals surface area contributed by atoms with Crippen molar-refractivity contribution in [3.05, 3.63) is 70.2 Å². The molecular formula is C21H24ClF2N3O. The molecule has 1 N–H and O–H groups in total. The van der Waals surface area contributed by atoms with Gasteiger partial charge in [0.05, 0.1) is 6.54 Å². The first-order valence-electron chi connectivity index (χ1n) is 9.35. The number of rotatable bonds is 6. The second-order valence-electron chi connectivity index (χ2n) is 7.06. The fourth-order valence-electron chi connectivity index (χ4n) is 3.26. The minimum Gasteiger partial charge on any atom is -0.339 e. The summed E-state index contributed by atoms with van der Waals surface area (Å²) in [5, 5.41) is 3.82. The van der Waals surface area contributed by atoms with E-state index in [1.165, 1.54) is 11.6 Å². The normalized spacial score (nSPS) is 16.2. The molecule has 0 bridgehead atoms. The van der Waals surface area contributed by atoms with Crippen molar-refractivity contribution < 1.29 is 13.6 Å². The van der Waals surface area contributed by atoms with E-state index in [-0.39, 0.29) is 18.5 Å². The average molecular weight is 408 g/mol. The van der Waals surface area contributed by atoms with Crippen LogP contribution < -0.4 is 5.32 Å². The third-order valence-corrected chi connectivity index (χ3v) is 5.30. The van der Waals surface area contributed by atoms with Gasteiger partial charge in [-0.05, 0) is 42.3 Å². The molecule has 1 aliphatic rings. The van der Waals surface area contributed by atoms with Crippen LogP contribution in [0.5, 0.6) is 0 Å². The maximum Gasteiger partial charge on any atom is 0.236 e. The summed E-state index contributed by atoms with van der Waals surface area (Å²) in [6, 6.07) is 11.3. The summed E-state index contributed by atoms with van der Waals surface area (Å²) in [6.45, 7) is 5.80. The number of hydrogen-bond acceptors (Lipinski definition) is 3. The van der Waals surface area contributed by atoms with Gasteiger partial charge in [0, 0.05) is 43.8 Å². The highest BCUT2D eigenvalue weighted by molar-refractivity contribution is 6.30. The highest BCUT2D eigenvalue weighted by Gasteiger charge is 2.21. The Morgan fingerprint density at radius 1 is 1.07 bits per heavy atom. The molecule has 0 spiro atoms. The van der Waals surface area contributed by atoms with Crippen LogP contribution in [-0.2, 0) is 11.3 Å². The fraction of sp³-hybridized carbons (Fsp3) is 0.381. The molecule has 1 amide bonds. The Hall–Kier alpha value is -2.02. The third kappa shape index (κ3) is 5.50. The van der Waals surface area contributed by atoms with E-state index in [0.717, 1.165) is 36.8 Å². The molecule has 3 rings (SSSR count). The molecule has 0 aliphatic carbocycles. The molecule has 4 nitrogen and oxygen atoms in total. The molecule has 0 unspecified atom stereocenters. The van der Waals surface area contributed by atoms with Crippen LogP contribution in [0.3, 0.4) is 0 Å². The molecular weight excluding hydrogens is 384 g/mol. The van der Waals surface area contributed by atoms with E-state index in [2.05, 4.69) is 10.2 Å². The number of nitrogens with zero attached hydrogens (tertiary/aromatic N) is 2. The first-order valence-corrected chi connectivity index (χ1v) is 9.73. The predicted octanol–water partition coefficient (Wildman–Crippen LogP) is 3.61. The summed E-state index contributed by atoms with van der Waals surface area (Å²) in [5.74, 6) is -1.74. The number of carbonyl (C=O) groups excluding carboxylic acids is 1. The van der Waals surface area contributed by atoms with Crippen LogP contribution in [-0.4, -0.2) is 48.4 Å². The molecule has 1 atom stereocenters. The SMILES string of the molecule is C[C@@H](NCC(=O)N1CCN(Cc2ccc(Cl)cc2)CC1)c1ccc(F)c(F)c1. The second-order valence-corrected chi connectivity index (χ2v) is 7.50. The van der Waals surface area contributed by atoms with Gasteiger partial charge in [-0.15, -0.1) is 0 Å². The Kier molecular flexibility index (Phi) is 6.99. The molecule has 150 valence electrons. The average Bonchev–Trinajstić information content (AvgIpc) is 2.70. The summed E-state index contributed by atoms with van der Waals surface area (Å²) in [4.78, 5) is 16.6. The van der Waals surface area contributed by atoms with Gasteiger partial charge in [0.1, 0.15) is 0 Å². The first-order chi connectivity index (χ1) is 13.4. The molecule has 0 saturated carbocycles. The van der Waals surface area contributed by atoms with E-state index in [1.807, 2.05) is 36.1 Å². The van der Waals surface area contributed by atoms with Crippen molar-refractivity contribution in [2.75, 3.05) is 32.7 Å². The van der Waals surface area contributed by atoms with Gasteiger partial charge in [0.2, 0.25) is 5.91 Å². The van der Waals surface area contributed by atoms with E-state index in [9.17, 15) is 13.6 Å². The van der Waals surface area contributed by atoms with Crippen LogP contribution in [0.25, 0.3) is 0 Å². The Morgan fingerprint density at radius 2 is 1.75 bits per heavy atom. The van der Waals surface area contributed by atoms with E-state index in [0.29, 0.717) is 18.7 Å². The van der Waals surface area contributed by atoms with Gasteiger partial charge in [-0.2, -0.15) is 0 Å². The van der Waals surface area contributed by atoms with Crippen LogP contribution in [0.4, 0.5) is 8.78 Å². The summed E-state index contributed by atoms with van der Waals surface area (Å²) in [6.07, 6.45) is 0. The maximum atomic E-state index is 13.4. The largest absolute Gasteiger partial charge is 0.339 e. The number of piperazine rings is 1. The van der Waals surface area contributed by atoms with E-state index in [1.54, 1.807) is 0 Å². The molecule has 1 heterocycles. The lowest BCUT2D eigenvalue weighted by atomic mass is 10.1. The molecule has 0 radical (unpaired) electrons. The lowest BCUT2D eigenvalue weighted by Crippen LogP contribution is -2.50. The molecule has 7 heteroatoms. The lowest BCUT2D eigenvalue weighted by Gasteiger charge is -2.35. The van der Waals surface area contributed by atoms with Gasteiger partial charge in [0.25, 0.3) is 0 Å². The van der Waals surface area contributed by atoms with Crippen LogP contribution in [0, 0.1) is 11.6 Å². The number of benzene rings is 2. The van der Waals surface area contributed by atoms with Gasteiger partial charge in [-0.1, -0.05) is 29.8 Å². The zero-order chi connectivity index (χ0) is 20.1. The van der Waals surface area contributed by atoms with E-state index in [4.69, 9.17) is 11.6 Å². The Morgan fingerprint density at radius 3 is 2.39 bits per heavy atom. The van der Waals surface area contributed by atoms with Crippen LogP contribution >= 0.6 is 11.6 Å². The predicted molar refractivity (Wildman–Crippen MR) is 106 cm³/mol. The molecule has 2 aromatic rings. The van der Waals surface area contributed by atoms with Gasteiger partial charge in [0.15, 0.2) is 11.6 Å². The molecule has 1 aliphatic heterocycles. The van der Waals surface area contributed by atoms with Gasteiger partial charge in [-0.25, -0.2) is 8.78 Å². The van der Waals surface area contributed by atoms with Crippen molar-refractivity contribution in [1.29, 1.82) is 0 Å². The van der Waals surface area contributed by atoms with Crippen molar-refractivity contribution in [2.24, 2.45) is 0 Å². The minimum absolute atomic E-state index is 0.0144. The molecule has 0 aromatic heterocycles. The fourth-order valence-corrected chi connectivity index (χ4v) is 3.38. The topological polar surface area (TPSA) is 35.6 Å². The summed E-state index contributed by atoms with van der Waals surface area (Å²) in [7, 11) is 0. The first kappa shape index (κ1) is 20.7. The van der Waals surface area contributed by atoms with Crippen LogP contribution in [0.15, 0.2) is 42.5 Å². The Bertz CT molecular complexity index is 808. The molecule has 2 aromatic carbocycles. The van der Waals surface area contributed by atoms with Crippen molar-refractivity contribution >= 4 is 17.5 Å². The van der Waals surface area contributed by atoms with Crippen LogP contribution in [0.2, 0.25) is 5.02 Å². The Balaban J connectivity index is 1.43. The monoisotopic (exact) mass is 407 g/mol. The number of carbonyl (C=O) groups is 1. The smallest absolute Gasteiger partial charge is 0.236 e. The van der Waals surface area contributed by atoms with E-state index >= 15 is 0 Å². The van der Waals surface area contributed by atoms with Crippen molar-refractivity contribution in [2.45, 2.75) is 19.5 Å². The second kappa shape index (κ2) is 9.45. The van der Waals surface area contributed by atoms with Crippen molar-refractivity contribution in [3.63, 3.8) is 0 Å². The highest BCUT2D eigenvalue weighted by atomic mass is 35.5. The van der Waals surface area contributed by atoms with Crippen molar-refractivity contribution in [3.8, 4) is 0 Å². The zero-order valence-electron chi connectivity index (χ0n) is 15.8. The maximum absolute atomic E-state index is 13.4. The Labute approximate surface area is 169 Å². The van der Waals surface area contributed by atoms with Gasteiger partial charge in [-0.3, -0.25) is 9.69 Å². The zero-order valence-corrected chi connectivity index (χ0v) is 16.6. The molecule has 28 heavy (non-hydrogen) atoms. The lowest BCUT2D eigenvalue weighted by molar-refractivity contribution is -0.132. The number of amides is 1. The highest BCUT2D eigenvalue weighted by Crippen LogP contribution is 2.16. The van der Waals surface area contributed by atoms with Gasteiger partial charge >= 0.3 is 0 Å².